The molecule has 0 amide bonds. The molecule has 0 unspecified atom stereocenters. The molecule has 0 aliphatic rings. The average Bonchev–Trinajstić information content (AvgIpc) is 3.35. The zero-order chi connectivity index (χ0) is 21.3. The molecular weight excluding hydrogens is 440 g/mol. The van der Waals surface area contributed by atoms with Crippen LogP contribution in [0.4, 0.5) is 0 Å². The first-order valence-corrected chi connectivity index (χ1v) is 10.9. The normalized spacial score (nSPS) is 11.0. The number of methoxy groups -OCH3 is 1. The Hall–Kier alpha value is -2.95. The van der Waals surface area contributed by atoms with E-state index in [9.17, 15) is 9.59 Å². The van der Waals surface area contributed by atoms with E-state index in [2.05, 4.69) is 16.5 Å². The minimum atomic E-state index is -0.381. The van der Waals surface area contributed by atoms with Crippen LogP contribution in [0.3, 0.4) is 0 Å². The summed E-state index contributed by atoms with van der Waals surface area (Å²) in [4.78, 5) is 33.5. The maximum Gasteiger partial charge on any atom is 0.337 e. The van der Waals surface area contributed by atoms with Gasteiger partial charge in [0.25, 0.3) is 5.56 Å². The van der Waals surface area contributed by atoms with E-state index in [1.54, 1.807) is 22.8 Å². The second-order valence-corrected chi connectivity index (χ2v) is 8.81. The monoisotopic (exact) mass is 456 g/mol. The van der Waals surface area contributed by atoms with Crippen LogP contribution in [0.25, 0.3) is 20.9 Å². The number of ether oxygens (including phenoxy) is 1. The number of carbonyl (C=O) groups excluding carboxylic acids is 1. The van der Waals surface area contributed by atoms with Crippen molar-refractivity contribution in [3.8, 4) is 10.6 Å². The zero-order valence-electron chi connectivity index (χ0n) is 15.9. The van der Waals surface area contributed by atoms with Crippen LogP contribution in [0.15, 0.2) is 53.4 Å². The summed E-state index contributed by atoms with van der Waals surface area (Å²) in [5.74, 6) is -0.381. The van der Waals surface area contributed by atoms with E-state index in [4.69, 9.17) is 17.0 Å². The molecule has 0 saturated carbocycles. The third-order valence-corrected chi connectivity index (χ3v) is 6.76. The first-order valence-electron chi connectivity index (χ1n) is 8.84. The van der Waals surface area contributed by atoms with Crippen LogP contribution >= 0.6 is 34.9 Å². The molecule has 3 aromatic heterocycles. The molecule has 0 N–H and O–H groups in total. The number of hydrogen-bond donors (Lipinski definition) is 0. The molecule has 0 aliphatic carbocycles. The maximum atomic E-state index is 12.9. The summed E-state index contributed by atoms with van der Waals surface area (Å²) in [6, 6.07) is 7.05. The number of esters is 1. The molecule has 7 nitrogen and oxygen atoms in total. The van der Waals surface area contributed by atoms with Crippen molar-refractivity contribution >= 4 is 51.2 Å². The third kappa shape index (κ3) is 3.76. The first kappa shape index (κ1) is 20.3. The predicted molar refractivity (Wildman–Crippen MR) is 121 cm³/mol. The topological polar surface area (TPSA) is 79.0 Å². The number of hydrogen-bond acceptors (Lipinski definition) is 8. The Balaban J connectivity index is 1.61. The summed E-state index contributed by atoms with van der Waals surface area (Å²) < 4.78 is 9.17. The van der Waals surface area contributed by atoms with Crippen LogP contribution < -0.4 is 5.56 Å². The number of aromatic nitrogens is 4. The van der Waals surface area contributed by atoms with Gasteiger partial charge in [-0.3, -0.25) is 9.36 Å². The fraction of sp³-hybridized carbons (Fsp3) is 0.150. The minimum Gasteiger partial charge on any atom is -0.465 e. The Morgan fingerprint density at radius 3 is 2.80 bits per heavy atom. The second-order valence-electron chi connectivity index (χ2n) is 6.31. The van der Waals surface area contributed by atoms with E-state index in [-0.39, 0.29) is 11.5 Å². The average molecular weight is 457 g/mol. The molecule has 4 rings (SSSR count). The Labute approximate surface area is 184 Å². The summed E-state index contributed by atoms with van der Waals surface area (Å²) in [6.45, 7) is 4.54. The Bertz CT molecular complexity index is 1360. The van der Waals surface area contributed by atoms with Crippen LogP contribution in [0.1, 0.15) is 16.1 Å². The molecule has 3 heterocycles. The molecule has 0 fully saturated rings. The highest BCUT2D eigenvalue weighted by atomic mass is 32.1. The fourth-order valence-corrected chi connectivity index (χ4v) is 5.06. The number of allylic oxidation sites excluding steroid dienone is 1. The summed E-state index contributed by atoms with van der Waals surface area (Å²) in [6.07, 6.45) is 3.25. The summed E-state index contributed by atoms with van der Waals surface area (Å²) in [7, 11) is 1.35. The van der Waals surface area contributed by atoms with Gasteiger partial charge in [0.1, 0.15) is 16.0 Å². The van der Waals surface area contributed by atoms with Gasteiger partial charge in [-0.05, 0) is 24.4 Å². The molecule has 0 bridgehead atoms. The standard InChI is InChI=1S/C20H16N4O3S3/c1-3-8-24-16-15(30-20(24)28)18(25)23(11-21-16)9-14-10-29-17(22-14)12-4-6-13(7-5-12)19(26)27-2/h3-7,10-11H,1,8-9H2,2H3. The van der Waals surface area contributed by atoms with Crippen LogP contribution in [-0.2, 0) is 17.8 Å². The smallest absolute Gasteiger partial charge is 0.337 e. The van der Waals surface area contributed by atoms with Gasteiger partial charge in [0.15, 0.2) is 9.60 Å². The Morgan fingerprint density at radius 2 is 2.10 bits per heavy atom. The van der Waals surface area contributed by atoms with Gasteiger partial charge in [0.05, 0.1) is 24.9 Å². The molecule has 10 heteroatoms. The largest absolute Gasteiger partial charge is 0.465 e. The maximum absolute atomic E-state index is 12.9. The second kappa shape index (κ2) is 8.42. The van der Waals surface area contributed by atoms with Gasteiger partial charge in [-0.15, -0.1) is 17.9 Å². The van der Waals surface area contributed by atoms with Gasteiger partial charge in [-0.1, -0.05) is 29.5 Å². The molecule has 4 aromatic rings. The predicted octanol–water partition coefficient (Wildman–Crippen LogP) is 4.13. The lowest BCUT2D eigenvalue weighted by Crippen LogP contribution is -2.21. The highest BCUT2D eigenvalue weighted by molar-refractivity contribution is 7.73. The Kier molecular flexibility index (Phi) is 5.71. The lowest BCUT2D eigenvalue weighted by atomic mass is 10.1. The molecule has 0 aliphatic heterocycles. The lowest BCUT2D eigenvalue weighted by molar-refractivity contribution is 0.0601. The van der Waals surface area contributed by atoms with Crippen LogP contribution in [-0.4, -0.2) is 32.2 Å². The van der Waals surface area contributed by atoms with Crippen molar-refractivity contribution in [2.45, 2.75) is 13.1 Å². The first-order chi connectivity index (χ1) is 14.5. The van der Waals surface area contributed by atoms with Crippen LogP contribution in [0.5, 0.6) is 0 Å². The molecule has 30 heavy (non-hydrogen) atoms. The number of carbonyl (C=O) groups is 1. The number of fused-ring (bicyclic) bond motifs is 1. The van der Waals surface area contributed by atoms with E-state index < -0.39 is 0 Å². The van der Waals surface area contributed by atoms with E-state index in [0.29, 0.717) is 33.0 Å². The molecule has 0 spiro atoms. The number of thiazole rings is 2. The quantitative estimate of drug-likeness (QED) is 0.247. The van der Waals surface area contributed by atoms with Crippen molar-refractivity contribution in [2.24, 2.45) is 0 Å². The van der Waals surface area contributed by atoms with Crippen molar-refractivity contribution in [1.29, 1.82) is 0 Å². The van der Waals surface area contributed by atoms with E-state index in [0.717, 1.165) is 16.3 Å². The van der Waals surface area contributed by atoms with Gasteiger partial charge in [-0.2, -0.15) is 0 Å². The van der Waals surface area contributed by atoms with Gasteiger partial charge in [-0.25, -0.2) is 14.8 Å². The summed E-state index contributed by atoms with van der Waals surface area (Å²) in [5.41, 5.74) is 2.56. The van der Waals surface area contributed by atoms with Crippen LogP contribution in [0, 0.1) is 3.95 Å². The van der Waals surface area contributed by atoms with Gasteiger partial charge >= 0.3 is 5.97 Å². The van der Waals surface area contributed by atoms with E-state index >= 15 is 0 Å². The molecule has 0 atom stereocenters. The van der Waals surface area contributed by atoms with Crippen LogP contribution in [0.2, 0.25) is 0 Å². The molecule has 1 aromatic carbocycles. The van der Waals surface area contributed by atoms with Gasteiger partial charge < -0.3 is 9.30 Å². The van der Waals surface area contributed by atoms with Crippen molar-refractivity contribution in [1.82, 2.24) is 19.1 Å². The summed E-state index contributed by atoms with van der Waals surface area (Å²) >= 11 is 8.08. The van der Waals surface area contributed by atoms with Crippen molar-refractivity contribution in [3.05, 3.63) is 74.2 Å². The number of nitrogens with zero attached hydrogens (tertiary/aromatic N) is 4. The van der Waals surface area contributed by atoms with Crippen molar-refractivity contribution in [2.75, 3.05) is 7.11 Å². The van der Waals surface area contributed by atoms with E-state index in [1.807, 2.05) is 17.5 Å². The fourth-order valence-electron chi connectivity index (χ4n) is 2.93. The zero-order valence-corrected chi connectivity index (χ0v) is 18.4. The van der Waals surface area contributed by atoms with Crippen molar-refractivity contribution in [3.63, 3.8) is 0 Å². The molecule has 152 valence electrons. The van der Waals surface area contributed by atoms with Gasteiger partial charge in [0.2, 0.25) is 0 Å². The highest BCUT2D eigenvalue weighted by Gasteiger charge is 2.13. The SMILES string of the molecule is C=CCn1c(=S)sc2c(=O)n(Cc3csc(-c4ccc(C(=O)OC)cc4)n3)cnc21. The molecular formula is C20H16N4O3S3. The Morgan fingerprint density at radius 1 is 1.33 bits per heavy atom. The minimum absolute atomic E-state index is 0.143. The summed E-state index contributed by atoms with van der Waals surface area (Å²) in [5, 5.41) is 2.71. The molecule has 0 radical (unpaired) electrons. The van der Waals surface area contributed by atoms with Gasteiger partial charge in [0, 0.05) is 17.5 Å². The van der Waals surface area contributed by atoms with Crippen molar-refractivity contribution < 1.29 is 9.53 Å². The highest BCUT2D eigenvalue weighted by Crippen LogP contribution is 2.25. The molecule has 0 saturated heterocycles. The third-order valence-electron chi connectivity index (χ3n) is 4.39. The number of benzene rings is 1. The van der Waals surface area contributed by atoms with E-state index in [1.165, 1.54) is 40.7 Å². The number of rotatable bonds is 6. The lowest BCUT2D eigenvalue weighted by Gasteiger charge is -2.04.